The molecule has 1 atom stereocenters. The average molecular weight is 541 g/mol. The maximum Gasteiger partial charge on any atom is 0.317 e. The molecule has 0 spiro atoms. The molecule has 2 aliphatic rings. The zero-order chi connectivity index (χ0) is 29.0. The largest absolute Gasteiger partial charge is 0.508 e. The van der Waals surface area contributed by atoms with E-state index < -0.39 is 5.97 Å². The van der Waals surface area contributed by atoms with Crippen LogP contribution in [0.1, 0.15) is 42.3 Å². The standard InChI is InChI=1S/C14H12O2.C8H16N2.C7H14N2O2.C2H6/c15-10-13-5-1-3-11(8-13)7-12-4-2-6-14(16)9-12;1-3-5-10-6-4-9-8(2)7-10;1-8-2-4-9(5-3-8)6-7(10)11;1-2/h1-6,8-10,16H,7H2;3,8-9H,1,4-7H2,2H3;2-6H2,1H3,(H,10,11);1-2H3. The number of benzene rings is 2. The second-order valence-electron chi connectivity index (χ2n) is 9.59. The Hall–Kier alpha value is -3.04. The van der Waals surface area contributed by atoms with Crippen molar-refractivity contribution in [3.05, 3.63) is 77.9 Å². The fraction of sp³-hybridized carbons (Fsp3) is 0.484. The van der Waals surface area contributed by atoms with Gasteiger partial charge in [0.15, 0.2) is 0 Å². The molecule has 2 fully saturated rings. The number of carbonyl (C=O) groups is 2. The highest BCUT2D eigenvalue weighted by Gasteiger charge is 2.15. The Labute approximate surface area is 234 Å². The highest BCUT2D eigenvalue weighted by atomic mass is 16.4. The molecule has 216 valence electrons. The number of carboxylic acid groups (broad SMARTS) is 1. The molecular formula is C31H48N4O4. The Morgan fingerprint density at radius 2 is 1.67 bits per heavy atom. The maximum absolute atomic E-state index is 10.6. The molecule has 3 N–H and O–H groups in total. The molecule has 0 radical (unpaired) electrons. The molecule has 4 rings (SSSR count). The topological polar surface area (TPSA) is 96.4 Å². The lowest BCUT2D eigenvalue weighted by Gasteiger charge is -2.30. The van der Waals surface area contributed by atoms with Crippen molar-refractivity contribution in [2.45, 2.75) is 33.2 Å². The molecule has 0 bridgehead atoms. The van der Waals surface area contributed by atoms with E-state index in [0.717, 1.165) is 76.2 Å². The van der Waals surface area contributed by atoms with Crippen molar-refractivity contribution in [1.82, 2.24) is 20.0 Å². The fourth-order valence-corrected chi connectivity index (χ4v) is 4.24. The number of phenols is 1. The van der Waals surface area contributed by atoms with Crippen molar-refractivity contribution in [3.8, 4) is 5.75 Å². The molecule has 0 amide bonds. The summed E-state index contributed by atoms with van der Waals surface area (Å²) >= 11 is 0. The van der Waals surface area contributed by atoms with E-state index in [1.165, 1.54) is 0 Å². The Bertz CT molecular complexity index is 977. The highest BCUT2D eigenvalue weighted by Crippen LogP contribution is 2.15. The summed E-state index contributed by atoms with van der Waals surface area (Å²) in [7, 11) is 2.05. The average Bonchev–Trinajstić information content (AvgIpc) is 2.92. The molecular weight excluding hydrogens is 492 g/mol. The number of hydrogen-bond acceptors (Lipinski definition) is 7. The summed E-state index contributed by atoms with van der Waals surface area (Å²) < 4.78 is 0. The van der Waals surface area contributed by atoms with E-state index in [2.05, 4.69) is 35.7 Å². The van der Waals surface area contributed by atoms with Gasteiger partial charge in [0, 0.05) is 64.0 Å². The molecule has 1 unspecified atom stereocenters. The third-order valence-corrected chi connectivity index (χ3v) is 6.20. The number of carbonyl (C=O) groups excluding carboxylic acids is 1. The van der Waals surface area contributed by atoms with Crippen molar-refractivity contribution < 1.29 is 19.8 Å². The van der Waals surface area contributed by atoms with Crippen LogP contribution in [-0.2, 0) is 11.2 Å². The van der Waals surface area contributed by atoms with E-state index in [1.807, 2.05) is 55.2 Å². The third-order valence-electron chi connectivity index (χ3n) is 6.20. The predicted molar refractivity (Wildman–Crippen MR) is 160 cm³/mol. The van der Waals surface area contributed by atoms with Crippen molar-refractivity contribution in [2.75, 3.05) is 66.0 Å². The molecule has 2 heterocycles. The first-order valence-electron chi connectivity index (χ1n) is 13.8. The van der Waals surface area contributed by atoms with Gasteiger partial charge in [-0.25, -0.2) is 0 Å². The second-order valence-corrected chi connectivity index (χ2v) is 9.59. The van der Waals surface area contributed by atoms with Gasteiger partial charge in [0.25, 0.3) is 0 Å². The van der Waals surface area contributed by atoms with Crippen LogP contribution < -0.4 is 5.32 Å². The number of piperazine rings is 2. The number of phenolic OH excluding ortho intramolecular Hbond substituents is 1. The molecule has 8 heteroatoms. The van der Waals surface area contributed by atoms with Gasteiger partial charge in [-0.15, -0.1) is 6.58 Å². The molecule has 2 aliphatic heterocycles. The van der Waals surface area contributed by atoms with Crippen LogP contribution in [-0.4, -0.2) is 109 Å². The summed E-state index contributed by atoms with van der Waals surface area (Å²) in [6.45, 7) is 18.3. The lowest BCUT2D eigenvalue weighted by atomic mass is 10.0. The molecule has 39 heavy (non-hydrogen) atoms. The first kappa shape index (κ1) is 34.0. The SMILES string of the molecule is C=CCN1CCNC(C)C1.CC.CN1CCN(CC(=O)O)CC1.O=Cc1cccc(Cc2cccc(O)c2)c1. The van der Waals surface area contributed by atoms with Gasteiger partial charge in [0.05, 0.1) is 6.54 Å². The molecule has 0 aromatic heterocycles. The van der Waals surface area contributed by atoms with Crippen LogP contribution in [0.2, 0.25) is 0 Å². The Kier molecular flexibility index (Phi) is 17.4. The zero-order valence-electron chi connectivity index (χ0n) is 24.2. The summed E-state index contributed by atoms with van der Waals surface area (Å²) in [5.74, 6) is -0.460. The number of nitrogens with one attached hydrogen (secondary N) is 1. The number of hydrogen-bond donors (Lipinski definition) is 3. The van der Waals surface area contributed by atoms with Gasteiger partial charge in [-0.2, -0.15) is 0 Å². The summed E-state index contributed by atoms with van der Waals surface area (Å²) in [5.41, 5.74) is 2.77. The second kappa shape index (κ2) is 19.9. The lowest BCUT2D eigenvalue weighted by molar-refractivity contribution is -0.138. The fourth-order valence-electron chi connectivity index (χ4n) is 4.24. The number of aromatic hydroxyl groups is 1. The van der Waals surface area contributed by atoms with Crippen molar-refractivity contribution in [2.24, 2.45) is 0 Å². The third kappa shape index (κ3) is 15.2. The van der Waals surface area contributed by atoms with Gasteiger partial charge < -0.3 is 20.4 Å². The Morgan fingerprint density at radius 1 is 1.03 bits per heavy atom. The van der Waals surface area contributed by atoms with Gasteiger partial charge in [0.1, 0.15) is 12.0 Å². The van der Waals surface area contributed by atoms with Crippen LogP contribution in [0.4, 0.5) is 0 Å². The van der Waals surface area contributed by atoms with E-state index in [0.29, 0.717) is 11.6 Å². The monoisotopic (exact) mass is 540 g/mol. The summed E-state index contributed by atoms with van der Waals surface area (Å²) in [4.78, 5) is 27.5. The van der Waals surface area contributed by atoms with E-state index in [4.69, 9.17) is 5.11 Å². The van der Waals surface area contributed by atoms with E-state index in [-0.39, 0.29) is 12.3 Å². The number of likely N-dealkylation sites (N-methyl/N-ethyl adjacent to an activating group) is 1. The molecule has 2 aromatic carbocycles. The summed E-state index contributed by atoms with van der Waals surface area (Å²) in [6, 6.07) is 15.3. The van der Waals surface area contributed by atoms with Crippen LogP contribution in [0.15, 0.2) is 61.2 Å². The predicted octanol–water partition coefficient (Wildman–Crippen LogP) is 3.61. The number of carboxylic acids is 1. The number of aliphatic carboxylic acids is 1. The van der Waals surface area contributed by atoms with Crippen LogP contribution in [0.3, 0.4) is 0 Å². The van der Waals surface area contributed by atoms with Gasteiger partial charge >= 0.3 is 5.97 Å². The lowest BCUT2D eigenvalue weighted by Crippen LogP contribution is -2.49. The van der Waals surface area contributed by atoms with Crippen LogP contribution in [0.25, 0.3) is 0 Å². The van der Waals surface area contributed by atoms with Crippen LogP contribution >= 0.6 is 0 Å². The van der Waals surface area contributed by atoms with Crippen molar-refractivity contribution in [1.29, 1.82) is 0 Å². The Morgan fingerprint density at radius 3 is 2.23 bits per heavy atom. The first-order chi connectivity index (χ1) is 18.8. The van der Waals surface area contributed by atoms with Gasteiger partial charge in [-0.3, -0.25) is 19.4 Å². The van der Waals surface area contributed by atoms with Gasteiger partial charge in [0.2, 0.25) is 0 Å². The molecule has 8 nitrogen and oxygen atoms in total. The highest BCUT2D eigenvalue weighted by molar-refractivity contribution is 5.75. The first-order valence-corrected chi connectivity index (χ1v) is 13.8. The summed E-state index contributed by atoms with van der Waals surface area (Å²) in [6.07, 6.45) is 3.53. The van der Waals surface area contributed by atoms with Gasteiger partial charge in [-0.1, -0.05) is 50.3 Å². The molecule has 2 saturated heterocycles. The Balaban J connectivity index is 0.000000293. The van der Waals surface area contributed by atoms with Crippen LogP contribution in [0, 0.1) is 0 Å². The van der Waals surface area contributed by atoms with Gasteiger partial charge in [-0.05, 0) is 49.7 Å². The minimum absolute atomic E-state index is 0.188. The number of aldehydes is 1. The zero-order valence-corrected chi connectivity index (χ0v) is 24.2. The number of rotatable bonds is 7. The summed E-state index contributed by atoms with van der Waals surface area (Å²) in [5, 5.41) is 21.2. The number of nitrogens with zero attached hydrogens (tertiary/aromatic N) is 3. The smallest absolute Gasteiger partial charge is 0.317 e. The minimum Gasteiger partial charge on any atom is -0.508 e. The normalized spacial score (nSPS) is 17.7. The van der Waals surface area contributed by atoms with Crippen molar-refractivity contribution >= 4 is 12.3 Å². The minimum atomic E-state index is -0.727. The van der Waals surface area contributed by atoms with Crippen LogP contribution in [0.5, 0.6) is 5.75 Å². The van der Waals surface area contributed by atoms with E-state index in [1.54, 1.807) is 18.2 Å². The quantitative estimate of drug-likeness (QED) is 0.362. The molecule has 2 aromatic rings. The molecule has 0 aliphatic carbocycles. The van der Waals surface area contributed by atoms with E-state index in [9.17, 15) is 14.7 Å². The maximum atomic E-state index is 10.6. The van der Waals surface area contributed by atoms with E-state index >= 15 is 0 Å². The molecule has 0 saturated carbocycles. The van der Waals surface area contributed by atoms with Crippen molar-refractivity contribution in [3.63, 3.8) is 0 Å².